The maximum Gasteiger partial charge on any atom is 0.231 e. The van der Waals surface area contributed by atoms with Crippen LogP contribution in [0.1, 0.15) is 34.7 Å². The van der Waals surface area contributed by atoms with Crippen molar-refractivity contribution in [1.82, 2.24) is 4.90 Å². The summed E-state index contributed by atoms with van der Waals surface area (Å²) < 4.78 is 17.0. The Bertz CT molecular complexity index is 877. The second-order valence-electron chi connectivity index (χ2n) is 7.08. The largest absolute Gasteiger partial charge is 0.492 e. The molecule has 2 aromatic carbocycles. The molecule has 6 nitrogen and oxygen atoms in total. The number of rotatable bonds is 4. The summed E-state index contributed by atoms with van der Waals surface area (Å²) >= 11 is 0. The Morgan fingerprint density at radius 1 is 1.30 bits per heavy atom. The molecule has 0 aliphatic carbocycles. The summed E-state index contributed by atoms with van der Waals surface area (Å²) in [6.07, 6.45) is 1.48. The van der Waals surface area contributed by atoms with E-state index in [0.29, 0.717) is 17.9 Å². The van der Waals surface area contributed by atoms with Gasteiger partial charge < -0.3 is 19.4 Å². The maximum absolute atomic E-state index is 9.69. The van der Waals surface area contributed by atoms with Gasteiger partial charge in [0.1, 0.15) is 0 Å². The number of likely N-dealkylation sites (N-methyl/N-ethyl adjacent to an activating group) is 1. The molecule has 6 heteroatoms. The molecular weight excluding hydrogens is 344 g/mol. The minimum atomic E-state index is 0.0189. The van der Waals surface area contributed by atoms with Crippen LogP contribution < -0.4 is 14.2 Å². The number of nitrogens with zero attached hydrogens (tertiary/aromatic N) is 2. The van der Waals surface area contributed by atoms with Gasteiger partial charge in [0, 0.05) is 24.6 Å². The van der Waals surface area contributed by atoms with E-state index in [-0.39, 0.29) is 12.8 Å². The zero-order chi connectivity index (χ0) is 19.0. The SMILES string of the molecule is COc1c2c(cc3c1[C@H](C/C(=N/O)c1ccc(C)cc1)N(C)CC3)OCO2. The average molecular weight is 368 g/mol. The lowest BCUT2D eigenvalue weighted by Crippen LogP contribution is -2.34. The Balaban J connectivity index is 1.75. The number of ether oxygens (including phenoxy) is 3. The van der Waals surface area contributed by atoms with Crippen molar-refractivity contribution in [2.45, 2.75) is 25.8 Å². The van der Waals surface area contributed by atoms with Crippen LogP contribution in [-0.2, 0) is 6.42 Å². The minimum absolute atomic E-state index is 0.0189. The molecule has 0 aromatic heterocycles. The van der Waals surface area contributed by atoms with Gasteiger partial charge in [0.2, 0.25) is 12.5 Å². The maximum atomic E-state index is 9.69. The van der Waals surface area contributed by atoms with Crippen LogP contribution >= 0.6 is 0 Å². The fourth-order valence-corrected chi connectivity index (χ4v) is 3.93. The van der Waals surface area contributed by atoms with E-state index >= 15 is 0 Å². The van der Waals surface area contributed by atoms with Gasteiger partial charge in [-0.2, -0.15) is 0 Å². The second-order valence-corrected chi connectivity index (χ2v) is 7.08. The number of aryl methyl sites for hydroxylation is 1. The van der Waals surface area contributed by atoms with Crippen LogP contribution in [0.2, 0.25) is 0 Å². The predicted octanol–water partition coefficient (Wildman–Crippen LogP) is 3.53. The molecule has 0 radical (unpaired) electrons. The molecule has 1 N–H and O–H groups in total. The Morgan fingerprint density at radius 2 is 2.07 bits per heavy atom. The molecule has 0 unspecified atom stereocenters. The lowest BCUT2D eigenvalue weighted by atomic mass is 9.87. The molecular formula is C21H24N2O4. The highest BCUT2D eigenvalue weighted by Crippen LogP contribution is 2.50. The van der Waals surface area contributed by atoms with Crippen LogP contribution in [0.4, 0.5) is 0 Å². The van der Waals surface area contributed by atoms with Crippen LogP contribution in [0.15, 0.2) is 35.5 Å². The van der Waals surface area contributed by atoms with Crippen molar-refractivity contribution in [3.05, 3.63) is 52.6 Å². The highest BCUT2D eigenvalue weighted by atomic mass is 16.7. The van der Waals surface area contributed by atoms with E-state index in [9.17, 15) is 5.21 Å². The van der Waals surface area contributed by atoms with Gasteiger partial charge in [0.05, 0.1) is 12.8 Å². The monoisotopic (exact) mass is 368 g/mol. The Labute approximate surface area is 159 Å². The molecule has 0 bridgehead atoms. The Hall–Kier alpha value is -2.73. The molecule has 4 rings (SSSR count). The van der Waals surface area contributed by atoms with Crippen LogP contribution in [0, 0.1) is 6.92 Å². The molecule has 2 heterocycles. The van der Waals surface area contributed by atoms with E-state index < -0.39 is 0 Å². The fraction of sp³-hybridized carbons (Fsp3) is 0.381. The van der Waals surface area contributed by atoms with E-state index in [1.165, 1.54) is 11.1 Å². The number of fused-ring (bicyclic) bond motifs is 2. The zero-order valence-electron chi connectivity index (χ0n) is 15.9. The standard InChI is InChI=1S/C21H24N2O4/c1-13-4-6-14(7-5-13)16(22-24)11-17-19-15(8-9-23(17)2)10-18-20(21(19)25-3)27-12-26-18/h4-7,10,17,24H,8-9,11-12H2,1-3H3/b22-16-/t17-/m0/s1. The summed E-state index contributed by atoms with van der Waals surface area (Å²) in [7, 11) is 3.74. The van der Waals surface area contributed by atoms with Gasteiger partial charge in [-0.25, -0.2) is 0 Å². The highest BCUT2D eigenvalue weighted by Gasteiger charge is 2.34. The zero-order valence-corrected chi connectivity index (χ0v) is 15.9. The van der Waals surface area contributed by atoms with E-state index in [1.807, 2.05) is 31.2 Å². The summed E-state index contributed by atoms with van der Waals surface area (Å²) in [6, 6.07) is 10.1. The van der Waals surface area contributed by atoms with E-state index in [2.05, 4.69) is 23.2 Å². The van der Waals surface area contributed by atoms with Crippen molar-refractivity contribution in [3.63, 3.8) is 0 Å². The molecule has 2 aliphatic heterocycles. The van der Waals surface area contributed by atoms with Crippen molar-refractivity contribution in [2.75, 3.05) is 27.5 Å². The van der Waals surface area contributed by atoms with Crippen molar-refractivity contribution in [1.29, 1.82) is 0 Å². The number of oxime groups is 1. The predicted molar refractivity (Wildman–Crippen MR) is 102 cm³/mol. The number of hydrogen-bond donors (Lipinski definition) is 1. The van der Waals surface area contributed by atoms with Gasteiger partial charge in [0.25, 0.3) is 0 Å². The molecule has 142 valence electrons. The molecule has 27 heavy (non-hydrogen) atoms. The van der Waals surface area contributed by atoms with Crippen molar-refractivity contribution >= 4 is 5.71 Å². The summed E-state index contributed by atoms with van der Waals surface area (Å²) in [5, 5.41) is 13.3. The van der Waals surface area contributed by atoms with E-state index in [4.69, 9.17) is 14.2 Å². The fourth-order valence-electron chi connectivity index (χ4n) is 3.93. The molecule has 0 spiro atoms. The first kappa shape index (κ1) is 17.7. The highest BCUT2D eigenvalue weighted by molar-refractivity contribution is 6.00. The third-order valence-electron chi connectivity index (χ3n) is 5.44. The minimum Gasteiger partial charge on any atom is -0.492 e. The van der Waals surface area contributed by atoms with Crippen molar-refractivity contribution in [2.24, 2.45) is 5.16 Å². The molecule has 0 amide bonds. The third-order valence-corrected chi connectivity index (χ3v) is 5.44. The van der Waals surface area contributed by atoms with Gasteiger partial charge in [-0.15, -0.1) is 0 Å². The van der Waals surface area contributed by atoms with Crippen molar-refractivity contribution < 1.29 is 19.4 Å². The van der Waals surface area contributed by atoms with Crippen LogP contribution in [-0.4, -0.2) is 43.3 Å². The first-order valence-corrected chi connectivity index (χ1v) is 9.10. The topological polar surface area (TPSA) is 63.5 Å². The summed E-state index contributed by atoms with van der Waals surface area (Å²) in [5.41, 5.74) is 5.03. The van der Waals surface area contributed by atoms with E-state index in [0.717, 1.165) is 35.6 Å². The molecule has 0 fully saturated rings. The first-order valence-electron chi connectivity index (χ1n) is 9.10. The normalized spacial score (nSPS) is 19.1. The molecule has 1 atom stereocenters. The quantitative estimate of drug-likeness (QED) is 0.508. The van der Waals surface area contributed by atoms with E-state index in [1.54, 1.807) is 7.11 Å². The van der Waals surface area contributed by atoms with Gasteiger partial charge >= 0.3 is 0 Å². The smallest absolute Gasteiger partial charge is 0.231 e. The van der Waals surface area contributed by atoms with Gasteiger partial charge in [0.15, 0.2) is 11.5 Å². The molecule has 2 aliphatic rings. The van der Waals surface area contributed by atoms with Crippen molar-refractivity contribution in [3.8, 4) is 17.2 Å². The van der Waals surface area contributed by atoms with Gasteiger partial charge in [-0.05, 0) is 37.6 Å². The average Bonchev–Trinajstić information content (AvgIpc) is 3.15. The summed E-state index contributed by atoms with van der Waals surface area (Å²) in [6.45, 7) is 3.16. The molecule has 2 aromatic rings. The first-order chi connectivity index (χ1) is 13.1. The van der Waals surface area contributed by atoms with Crippen LogP contribution in [0.3, 0.4) is 0 Å². The van der Waals surface area contributed by atoms with Crippen LogP contribution in [0.25, 0.3) is 0 Å². The third kappa shape index (κ3) is 3.10. The summed E-state index contributed by atoms with van der Waals surface area (Å²) in [5.74, 6) is 2.12. The summed E-state index contributed by atoms with van der Waals surface area (Å²) in [4.78, 5) is 2.27. The van der Waals surface area contributed by atoms with Gasteiger partial charge in [-0.3, -0.25) is 4.90 Å². The molecule has 0 saturated heterocycles. The number of hydrogen-bond acceptors (Lipinski definition) is 6. The second kappa shape index (κ2) is 7.12. The number of benzene rings is 2. The number of methoxy groups -OCH3 is 1. The van der Waals surface area contributed by atoms with Gasteiger partial charge in [-0.1, -0.05) is 35.0 Å². The Kier molecular flexibility index (Phi) is 4.66. The van der Waals surface area contributed by atoms with Crippen LogP contribution in [0.5, 0.6) is 17.2 Å². The lowest BCUT2D eigenvalue weighted by molar-refractivity contribution is 0.170. The Morgan fingerprint density at radius 3 is 2.78 bits per heavy atom. The lowest BCUT2D eigenvalue weighted by Gasteiger charge is -2.36. The molecule has 0 saturated carbocycles.